The first-order chi connectivity index (χ1) is 8.47. The van der Waals surface area contributed by atoms with Crippen molar-refractivity contribution in [3.05, 3.63) is 33.8 Å². The summed E-state index contributed by atoms with van der Waals surface area (Å²) in [6.45, 7) is 3.36. The first-order valence-corrected chi connectivity index (χ1v) is 6.56. The molecule has 1 amide bonds. The van der Waals surface area contributed by atoms with Gasteiger partial charge in [-0.25, -0.2) is 4.79 Å². The average Bonchev–Trinajstić information content (AvgIpc) is 2.60. The molecule has 1 unspecified atom stereocenters. The topological polar surface area (TPSA) is 57.6 Å². The van der Waals surface area contributed by atoms with E-state index in [0.29, 0.717) is 18.9 Å². The zero-order valence-corrected chi connectivity index (χ0v) is 11.6. The molecule has 18 heavy (non-hydrogen) atoms. The second-order valence-electron chi connectivity index (χ2n) is 4.69. The van der Waals surface area contributed by atoms with E-state index >= 15 is 0 Å². The van der Waals surface area contributed by atoms with Crippen molar-refractivity contribution < 1.29 is 14.7 Å². The van der Waals surface area contributed by atoms with Crippen LogP contribution in [0.3, 0.4) is 0 Å². The Kier molecular flexibility index (Phi) is 3.71. The monoisotopic (exact) mass is 311 g/mol. The quantitative estimate of drug-likeness (QED) is 0.933. The van der Waals surface area contributed by atoms with Crippen LogP contribution in [0.5, 0.6) is 0 Å². The van der Waals surface area contributed by atoms with Crippen LogP contribution in [0.4, 0.5) is 0 Å². The summed E-state index contributed by atoms with van der Waals surface area (Å²) in [5.74, 6) is -0.389. The SMILES string of the molecule is CC1CC(=O)N(Cc2ccc(C(=O)O)cc2Br)C1. The van der Waals surface area contributed by atoms with E-state index in [1.54, 1.807) is 18.2 Å². The largest absolute Gasteiger partial charge is 0.478 e. The van der Waals surface area contributed by atoms with E-state index in [4.69, 9.17) is 5.11 Å². The summed E-state index contributed by atoms with van der Waals surface area (Å²) >= 11 is 3.36. The molecule has 1 aromatic carbocycles. The number of halogens is 1. The Balaban J connectivity index is 2.15. The van der Waals surface area contributed by atoms with Crippen LogP contribution in [-0.4, -0.2) is 28.4 Å². The van der Waals surface area contributed by atoms with Gasteiger partial charge in [0.15, 0.2) is 0 Å². The van der Waals surface area contributed by atoms with Crippen molar-refractivity contribution in [1.29, 1.82) is 0 Å². The zero-order chi connectivity index (χ0) is 13.3. The molecule has 2 rings (SSSR count). The molecule has 0 spiro atoms. The van der Waals surface area contributed by atoms with Crippen molar-refractivity contribution in [2.45, 2.75) is 19.9 Å². The lowest BCUT2D eigenvalue weighted by atomic mass is 10.1. The molecule has 0 saturated carbocycles. The molecule has 1 aromatic rings. The van der Waals surface area contributed by atoms with Gasteiger partial charge in [0.2, 0.25) is 5.91 Å². The maximum absolute atomic E-state index is 11.7. The fraction of sp³-hybridized carbons (Fsp3) is 0.385. The summed E-state index contributed by atoms with van der Waals surface area (Å²) in [6, 6.07) is 4.89. The van der Waals surface area contributed by atoms with Crippen molar-refractivity contribution in [2.75, 3.05) is 6.54 Å². The predicted octanol–water partition coefficient (Wildman–Crippen LogP) is 2.52. The molecule has 1 fully saturated rings. The van der Waals surface area contributed by atoms with Crippen LogP contribution in [-0.2, 0) is 11.3 Å². The second-order valence-corrected chi connectivity index (χ2v) is 5.55. The number of hydrogen-bond donors (Lipinski definition) is 1. The summed E-state index contributed by atoms with van der Waals surface area (Å²) < 4.78 is 0.731. The molecule has 5 heteroatoms. The van der Waals surface area contributed by atoms with E-state index in [-0.39, 0.29) is 11.5 Å². The minimum absolute atomic E-state index is 0.164. The second kappa shape index (κ2) is 5.10. The van der Waals surface area contributed by atoms with Crippen LogP contribution in [0.15, 0.2) is 22.7 Å². The Morgan fingerprint density at radius 1 is 1.56 bits per heavy atom. The lowest BCUT2D eigenvalue weighted by molar-refractivity contribution is -0.128. The maximum Gasteiger partial charge on any atom is 0.335 e. The number of carbonyl (C=O) groups is 2. The lowest BCUT2D eigenvalue weighted by Gasteiger charge is -2.17. The van der Waals surface area contributed by atoms with Gasteiger partial charge in [0.25, 0.3) is 0 Å². The highest BCUT2D eigenvalue weighted by Crippen LogP contribution is 2.24. The highest BCUT2D eigenvalue weighted by atomic mass is 79.9. The van der Waals surface area contributed by atoms with Crippen molar-refractivity contribution in [3.63, 3.8) is 0 Å². The number of benzene rings is 1. The smallest absolute Gasteiger partial charge is 0.335 e. The van der Waals surface area contributed by atoms with Gasteiger partial charge in [-0.05, 0) is 23.6 Å². The van der Waals surface area contributed by atoms with Gasteiger partial charge in [-0.2, -0.15) is 0 Å². The first kappa shape index (κ1) is 13.1. The number of carbonyl (C=O) groups excluding carboxylic acids is 1. The average molecular weight is 312 g/mol. The van der Waals surface area contributed by atoms with E-state index in [1.807, 2.05) is 4.90 Å². The van der Waals surface area contributed by atoms with Gasteiger partial charge in [-0.1, -0.05) is 28.9 Å². The molecule has 1 atom stereocenters. The normalized spacial score (nSPS) is 19.3. The number of hydrogen-bond acceptors (Lipinski definition) is 2. The van der Waals surface area contributed by atoms with E-state index in [2.05, 4.69) is 22.9 Å². The van der Waals surface area contributed by atoms with Gasteiger partial charge < -0.3 is 10.0 Å². The lowest BCUT2D eigenvalue weighted by Crippen LogP contribution is -2.24. The fourth-order valence-corrected chi connectivity index (χ4v) is 2.64. The Hall–Kier alpha value is -1.36. The van der Waals surface area contributed by atoms with Crippen LogP contribution >= 0.6 is 15.9 Å². The molecule has 1 aliphatic heterocycles. The third-order valence-electron chi connectivity index (χ3n) is 3.07. The molecular weight excluding hydrogens is 298 g/mol. The molecule has 1 N–H and O–H groups in total. The first-order valence-electron chi connectivity index (χ1n) is 5.77. The number of likely N-dealkylation sites (tertiary alicyclic amines) is 1. The zero-order valence-electron chi connectivity index (χ0n) is 10.0. The van der Waals surface area contributed by atoms with Crippen molar-refractivity contribution in [3.8, 4) is 0 Å². The number of amides is 1. The van der Waals surface area contributed by atoms with Gasteiger partial charge in [-0.3, -0.25) is 4.79 Å². The van der Waals surface area contributed by atoms with E-state index in [9.17, 15) is 9.59 Å². The molecule has 1 heterocycles. The number of aromatic carboxylic acids is 1. The van der Waals surface area contributed by atoms with Crippen LogP contribution in [0.1, 0.15) is 29.3 Å². The van der Waals surface area contributed by atoms with Crippen molar-refractivity contribution in [2.24, 2.45) is 5.92 Å². The molecule has 1 saturated heterocycles. The molecule has 4 nitrogen and oxygen atoms in total. The van der Waals surface area contributed by atoms with Crippen LogP contribution in [0.25, 0.3) is 0 Å². The van der Waals surface area contributed by atoms with Gasteiger partial charge >= 0.3 is 5.97 Å². The van der Waals surface area contributed by atoms with E-state index in [1.165, 1.54) is 0 Å². The van der Waals surface area contributed by atoms with Gasteiger partial charge in [0, 0.05) is 24.0 Å². The molecule has 0 radical (unpaired) electrons. The standard InChI is InChI=1S/C13H14BrNO3/c1-8-4-12(16)15(6-8)7-10-3-2-9(13(17)18)5-11(10)14/h2-3,5,8H,4,6-7H2,1H3,(H,17,18). The third-order valence-corrected chi connectivity index (χ3v) is 3.81. The summed E-state index contributed by atoms with van der Waals surface area (Å²) in [4.78, 5) is 24.3. The van der Waals surface area contributed by atoms with Crippen LogP contribution in [0, 0.1) is 5.92 Å². The molecular formula is C13H14BrNO3. The highest BCUT2D eigenvalue weighted by Gasteiger charge is 2.26. The van der Waals surface area contributed by atoms with Gasteiger partial charge in [0.1, 0.15) is 0 Å². The fourth-order valence-electron chi connectivity index (χ4n) is 2.14. The number of rotatable bonds is 3. The maximum atomic E-state index is 11.7. The Labute approximate surface area is 114 Å². The molecule has 96 valence electrons. The predicted molar refractivity (Wildman–Crippen MR) is 70.3 cm³/mol. The molecule has 0 aliphatic carbocycles. The Morgan fingerprint density at radius 2 is 2.28 bits per heavy atom. The summed E-state index contributed by atoms with van der Waals surface area (Å²) in [7, 11) is 0. The highest BCUT2D eigenvalue weighted by molar-refractivity contribution is 9.10. The number of carboxylic acid groups (broad SMARTS) is 1. The van der Waals surface area contributed by atoms with Crippen LogP contribution < -0.4 is 0 Å². The van der Waals surface area contributed by atoms with E-state index in [0.717, 1.165) is 16.6 Å². The Bertz CT molecular complexity index is 501. The van der Waals surface area contributed by atoms with Crippen molar-refractivity contribution >= 4 is 27.8 Å². The van der Waals surface area contributed by atoms with Crippen LogP contribution in [0.2, 0.25) is 0 Å². The molecule has 0 bridgehead atoms. The van der Waals surface area contributed by atoms with Gasteiger partial charge in [0.05, 0.1) is 5.56 Å². The minimum Gasteiger partial charge on any atom is -0.478 e. The summed E-state index contributed by atoms with van der Waals surface area (Å²) in [6.07, 6.45) is 0.602. The van der Waals surface area contributed by atoms with Gasteiger partial charge in [-0.15, -0.1) is 0 Å². The number of carboxylic acids is 1. The Morgan fingerprint density at radius 3 is 2.78 bits per heavy atom. The minimum atomic E-state index is -0.951. The third kappa shape index (κ3) is 2.72. The van der Waals surface area contributed by atoms with E-state index < -0.39 is 5.97 Å². The summed E-state index contributed by atoms with van der Waals surface area (Å²) in [5.41, 5.74) is 1.18. The molecule has 1 aliphatic rings. The summed E-state index contributed by atoms with van der Waals surface area (Å²) in [5, 5.41) is 8.88. The van der Waals surface area contributed by atoms with Crippen molar-refractivity contribution in [1.82, 2.24) is 4.90 Å². The molecule has 0 aromatic heterocycles. The number of nitrogens with zero attached hydrogens (tertiary/aromatic N) is 1.